The first-order valence-corrected chi connectivity index (χ1v) is 6.18. The summed E-state index contributed by atoms with van der Waals surface area (Å²) in [5, 5.41) is 3.35. The smallest absolute Gasteiger partial charge is 0.120 e. The van der Waals surface area contributed by atoms with Crippen molar-refractivity contribution in [3.05, 3.63) is 28.2 Å². The van der Waals surface area contributed by atoms with E-state index in [0.717, 1.165) is 29.7 Å². The number of halogens is 1. The van der Waals surface area contributed by atoms with Gasteiger partial charge in [0.15, 0.2) is 0 Å². The number of hydrogen-bond acceptors (Lipinski definition) is 2. The highest BCUT2D eigenvalue weighted by atomic mass is 79.9. The van der Waals surface area contributed by atoms with Crippen LogP contribution in [-0.4, -0.2) is 19.2 Å². The summed E-state index contributed by atoms with van der Waals surface area (Å²) in [4.78, 5) is 0. The third-order valence-electron chi connectivity index (χ3n) is 2.68. The zero-order chi connectivity index (χ0) is 10.7. The topological polar surface area (TPSA) is 21.3 Å². The van der Waals surface area contributed by atoms with E-state index in [-0.39, 0.29) is 0 Å². The molecule has 1 atom stereocenters. The van der Waals surface area contributed by atoms with E-state index in [1.54, 1.807) is 0 Å². The Kier molecular flexibility index (Phi) is 3.65. The fraction of sp³-hybridized carbons (Fsp3) is 0.500. The van der Waals surface area contributed by atoms with Crippen LogP contribution in [0, 0.1) is 6.92 Å². The molecule has 1 aromatic rings. The summed E-state index contributed by atoms with van der Waals surface area (Å²) in [6.45, 7) is 4.17. The predicted octanol–water partition coefficient (Wildman–Crippen LogP) is 2.89. The molecule has 0 amide bonds. The molecule has 2 nitrogen and oxygen atoms in total. The molecule has 1 fully saturated rings. The fourth-order valence-corrected chi connectivity index (χ4v) is 2.05. The Morgan fingerprint density at radius 1 is 1.47 bits per heavy atom. The minimum atomic E-state index is 0.333. The Bertz CT molecular complexity index is 334. The second-order valence-corrected chi connectivity index (χ2v) is 4.85. The van der Waals surface area contributed by atoms with Gasteiger partial charge >= 0.3 is 0 Å². The zero-order valence-electron chi connectivity index (χ0n) is 8.92. The van der Waals surface area contributed by atoms with Gasteiger partial charge < -0.3 is 10.1 Å². The molecule has 0 spiro atoms. The summed E-state index contributed by atoms with van der Waals surface area (Å²) in [7, 11) is 0. The summed E-state index contributed by atoms with van der Waals surface area (Å²) in [5.41, 5.74) is 1.22. The molecule has 1 saturated heterocycles. The van der Waals surface area contributed by atoms with Crippen molar-refractivity contribution in [3.8, 4) is 5.75 Å². The lowest BCUT2D eigenvalue weighted by Gasteiger charge is -2.24. The van der Waals surface area contributed by atoms with Crippen LogP contribution in [0.4, 0.5) is 0 Å². The molecule has 1 heterocycles. The first-order chi connectivity index (χ1) is 7.25. The largest absolute Gasteiger partial charge is 0.489 e. The van der Waals surface area contributed by atoms with Gasteiger partial charge in [0.2, 0.25) is 0 Å². The first-order valence-electron chi connectivity index (χ1n) is 5.39. The van der Waals surface area contributed by atoms with Crippen molar-refractivity contribution in [2.45, 2.75) is 25.9 Å². The molecule has 0 radical (unpaired) electrons. The van der Waals surface area contributed by atoms with Crippen molar-refractivity contribution in [2.24, 2.45) is 0 Å². The molecular weight excluding hydrogens is 254 g/mol. The van der Waals surface area contributed by atoms with E-state index in [9.17, 15) is 0 Å². The van der Waals surface area contributed by atoms with E-state index in [1.165, 1.54) is 12.0 Å². The van der Waals surface area contributed by atoms with Crippen molar-refractivity contribution in [1.82, 2.24) is 5.32 Å². The van der Waals surface area contributed by atoms with E-state index in [2.05, 4.69) is 34.2 Å². The normalized spacial score (nSPS) is 21.3. The fourth-order valence-electron chi connectivity index (χ4n) is 1.80. The van der Waals surface area contributed by atoms with Crippen molar-refractivity contribution in [2.75, 3.05) is 13.1 Å². The lowest BCUT2D eigenvalue weighted by Crippen LogP contribution is -2.37. The number of benzene rings is 1. The van der Waals surface area contributed by atoms with Crippen LogP contribution in [0.25, 0.3) is 0 Å². The second-order valence-electron chi connectivity index (χ2n) is 4.00. The lowest BCUT2D eigenvalue weighted by atomic mass is 10.1. The van der Waals surface area contributed by atoms with Crippen molar-refractivity contribution >= 4 is 15.9 Å². The van der Waals surface area contributed by atoms with Crippen molar-refractivity contribution < 1.29 is 4.74 Å². The molecule has 1 aromatic carbocycles. The number of rotatable bonds is 2. The monoisotopic (exact) mass is 269 g/mol. The quantitative estimate of drug-likeness (QED) is 0.892. The Balaban J connectivity index is 2.00. The highest BCUT2D eigenvalue weighted by Crippen LogP contribution is 2.23. The average Bonchev–Trinajstić information content (AvgIpc) is 2.25. The van der Waals surface area contributed by atoms with Gasteiger partial charge in [-0.05, 0) is 50.1 Å². The van der Waals surface area contributed by atoms with Gasteiger partial charge in [-0.15, -0.1) is 0 Å². The number of piperidine rings is 1. The number of aryl methyl sites for hydroxylation is 1. The maximum Gasteiger partial charge on any atom is 0.120 e. The molecule has 0 bridgehead atoms. The average molecular weight is 270 g/mol. The molecule has 1 N–H and O–H groups in total. The van der Waals surface area contributed by atoms with Crippen LogP contribution in [0.5, 0.6) is 5.75 Å². The molecule has 1 unspecified atom stereocenters. The number of ether oxygens (including phenoxy) is 1. The molecule has 3 heteroatoms. The molecule has 2 rings (SSSR count). The summed E-state index contributed by atoms with van der Waals surface area (Å²) in [6.07, 6.45) is 2.70. The molecule has 15 heavy (non-hydrogen) atoms. The van der Waals surface area contributed by atoms with Gasteiger partial charge in [0, 0.05) is 11.0 Å². The molecule has 0 aliphatic carbocycles. The van der Waals surface area contributed by atoms with E-state index in [1.807, 2.05) is 12.1 Å². The van der Waals surface area contributed by atoms with Crippen LogP contribution in [-0.2, 0) is 0 Å². The van der Waals surface area contributed by atoms with Gasteiger partial charge in [0.25, 0.3) is 0 Å². The van der Waals surface area contributed by atoms with Crippen LogP contribution in [0.1, 0.15) is 18.4 Å². The Morgan fingerprint density at radius 3 is 3.00 bits per heavy atom. The predicted molar refractivity (Wildman–Crippen MR) is 65.4 cm³/mol. The first kappa shape index (κ1) is 11.0. The van der Waals surface area contributed by atoms with Crippen LogP contribution in [0.2, 0.25) is 0 Å². The molecule has 0 saturated carbocycles. The third kappa shape index (κ3) is 2.95. The summed E-state index contributed by atoms with van der Waals surface area (Å²) in [6, 6.07) is 6.14. The summed E-state index contributed by atoms with van der Waals surface area (Å²) < 4.78 is 7.04. The second kappa shape index (κ2) is 4.99. The van der Waals surface area contributed by atoms with Crippen LogP contribution in [0.3, 0.4) is 0 Å². The van der Waals surface area contributed by atoms with Gasteiger partial charge in [-0.2, -0.15) is 0 Å². The molecule has 82 valence electrons. The molecular formula is C12H16BrNO. The molecule has 0 aromatic heterocycles. The van der Waals surface area contributed by atoms with Gasteiger partial charge in [0.1, 0.15) is 11.9 Å². The van der Waals surface area contributed by atoms with Crippen molar-refractivity contribution in [1.29, 1.82) is 0 Å². The van der Waals surface area contributed by atoms with Crippen LogP contribution in [0.15, 0.2) is 22.7 Å². The Labute approximate surface area is 99.1 Å². The van der Waals surface area contributed by atoms with Gasteiger partial charge in [-0.3, -0.25) is 0 Å². The van der Waals surface area contributed by atoms with Crippen molar-refractivity contribution in [3.63, 3.8) is 0 Å². The van der Waals surface area contributed by atoms with E-state index in [0.29, 0.717) is 6.10 Å². The maximum absolute atomic E-state index is 5.91. The van der Waals surface area contributed by atoms with Crippen LogP contribution < -0.4 is 10.1 Å². The molecule has 1 aliphatic rings. The zero-order valence-corrected chi connectivity index (χ0v) is 10.5. The highest BCUT2D eigenvalue weighted by molar-refractivity contribution is 9.10. The van der Waals surface area contributed by atoms with Gasteiger partial charge in [-0.1, -0.05) is 15.9 Å². The Morgan fingerprint density at radius 2 is 2.33 bits per heavy atom. The Hall–Kier alpha value is -0.540. The maximum atomic E-state index is 5.91. The summed E-state index contributed by atoms with van der Waals surface area (Å²) >= 11 is 3.49. The SMILES string of the molecule is Cc1cc(OC2CCCNC2)ccc1Br. The highest BCUT2D eigenvalue weighted by Gasteiger charge is 2.14. The minimum absolute atomic E-state index is 0.333. The summed E-state index contributed by atoms with van der Waals surface area (Å²) in [5.74, 6) is 0.976. The lowest BCUT2D eigenvalue weighted by molar-refractivity contribution is 0.167. The number of nitrogens with one attached hydrogen (secondary N) is 1. The van der Waals surface area contributed by atoms with E-state index >= 15 is 0 Å². The standard InChI is InChI=1S/C12H16BrNO/c1-9-7-10(4-5-12(9)13)15-11-3-2-6-14-8-11/h4-5,7,11,14H,2-3,6,8H2,1H3. The molecule has 1 aliphatic heterocycles. The van der Waals surface area contributed by atoms with Gasteiger partial charge in [-0.25, -0.2) is 0 Å². The number of hydrogen-bond donors (Lipinski definition) is 1. The van der Waals surface area contributed by atoms with E-state index < -0.39 is 0 Å². The third-order valence-corrected chi connectivity index (χ3v) is 3.57. The van der Waals surface area contributed by atoms with Crippen LogP contribution >= 0.6 is 15.9 Å². The minimum Gasteiger partial charge on any atom is -0.489 e. The van der Waals surface area contributed by atoms with Gasteiger partial charge in [0.05, 0.1) is 0 Å². The van der Waals surface area contributed by atoms with E-state index in [4.69, 9.17) is 4.74 Å².